The third-order valence-electron chi connectivity index (χ3n) is 2.48. The average Bonchev–Trinajstić information content (AvgIpc) is 2.40. The van der Waals surface area contributed by atoms with Crippen LogP contribution >= 0.6 is 23.2 Å². The molecule has 0 aliphatic carbocycles. The normalized spacial score (nSPS) is 10.2. The summed E-state index contributed by atoms with van der Waals surface area (Å²) in [5.74, 6) is 1.98. The Balaban J connectivity index is 2.29. The van der Waals surface area contributed by atoms with E-state index in [1.54, 1.807) is 30.3 Å². The quantitative estimate of drug-likeness (QED) is 0.802. The summed E-state index contributed by atoms with van der Waals surface area (Å²) in [6.07, 6.45) is 1.76. The molecule has 0 spiro atoms. The minimum Gasteiger partial charge on any atom is -0.366 e. The number of rotatable bonds is 5. The molecule has 1 aromatic heterocycles. The van der Waals surface area contributed by atoms with Crippen LogP contribution in [0.4, 0.5) is 17.3 Å². The van der Waals surface area contributed by atoms with Gasteiger partial charge < -0.3 is 10.6 Å². The van der Waals surface area contributed by atoms with Gasteiger partial charge in [0.25, 0.3) is 0 Å². The maximum atomic E-state index is 6.12. The van der Waals surface area contributed by atoms with Crippen LogP contribution in [0.2, 0.25) is 10.0 Å². The number of para-hydroxylation sites is 1. The van der Waals surface area contributed by atoms with Gasteiger partial charge in [-0.05, 0) is 19.1 Å². The van der Waals surface area contributed by atoms with Crippen molar-refractivity contribution >= 4 is 40.5 Å². The summed E-state index contributed by atoms with van der Waals surface area (Å²) in [6, 6.07) is 7.11. The van der Waals surface area contributed by atoms with E-state index in [0.29, 0.717) is 39.7 Å². The number of nitrogens with one attached hydrogen (secondary N) is 2. The van der Waals surface area contributed by atoms with Gasteiger partial charge in [0.15, 0.2) is 0 Å². The first-order valence-corrected chi connectivity index (χ1v) is 6.77. The van der Waals surface area contributed by atoms with Gasteiger partial charge >= 0.3 is 0 Å². The van der Waals surface area contributed by atoms with Crippen molar-refractivity contribution in [2.24, 2.45) is 0 Å². The minimum absolute atomic E-state index is 0.536. The standard InChI is InChI=1S/C14H14Cl2N4/c1-3-7-17-12-8-13(19-9(2)18-12)20-14-10(15)5-4-6-11(14)16/h3-6,8H,1,7H2,2H3,(H2,17,18,19,20). The molecule has 1 aromatic carbocycles. The van der Waals surface area contributed by atoms with E-state index in [1.807, 2.05) is 6.92 Å². The zero-order chi connectivity index (χ0) is 14.5. The molecule has 0 aliphatic rings. The summed E-state index contributed by atoms with van der Waals surface area (Å²) in [7, 11) is 0. The van der Waals surface area contributed by atoms with Crippen molar-refractivity contribution in [3.63, 3.8) is 0 Å². The number of hydrogen-bond acceptors (Lipinski definition) is 4. The second-order valence-electron chi connectivity index (χ2n) is 4.08. The van der Waals surface area contributed by atoms with E-state index in [2.05, 4.69) is 27.2 Å². The Morgan fingerprint density at radius 1 is 1.20 bits per heavy atom. The molecule has 2 N–H and O–H groups in total. The molecular formula is C14H14Cl2N4. The van der Waals surface area contributed by atoms with E-state index in [-0.39, 0.29) is 0 Å². The molecule has 0 radical (unpaired) electrons. The van der Waals surface area contributed by atoms with Gasteiger partial charge in [0.2, 0.25) is 0 Å². The Bertz CT molecular complexity index is 608. The maximum Gasteiger partial charge on any atom is 0.136 e. The lowest BCUT2D eigenvalue weighted by atomic mass is 10.3. The lowest BCUT2D eigenvalue weighted by Gasteiger charge is -2.11. The fourth-order valence-electron chi connectivity index (χ4n) is 1.64. The zero-order valence-electron chi connectivity index (χ0n) is 11.0. The minimum atomic E-state index is 0.536. The highest BCUT2D eigenvalue weighted by Crippen LogP contribution is 2.32. The van der Waals surface area contributed by atoms with Crippen molar-refractivity contribution < 1.29 is 0 Å². The van der Waals surface area contributed by atoms with Gasteiger partial charge in [-0.2, -0.15) is 0 Å². The van der Waals surface area contributed by atoms with Crippen LogP contribution in [0.15, 0.2) is 36.9 Å². The Morgan fingerprint density at radius 3 is 2.50 bits per heavy atom. The maximum absolute atomic E-state index is 6.12. The number of benzene rings is 1. The van der Waals surface area contributed by atoms with E-state index in [9.17, 15) is 0 Å². The number of anilines is 3. The molecule has 2 rings (SSSR count). The zero-order valence-corrected chi connectivity index (χ0v) is 12.5. The molecule has 0 fully saturated rings. The van der Waals surface area contributed by atoms with E-state index in [1.165, 1.54) is 0 Å². The molecule has 0 saturated heterocycles. The Morgan fingerprint density at radius 2 is 1.85 bits per heavy atom. The number of aromatic nitrogens is 2. The first-order valence-electron chi connectivity index (χ1n) is 6.01. The molecule has 0 atom stereocenters. The molecule has 6 heteroatoms. The molecular weight excluding hydrogens is 295 g/mol. The third-order valence-corrected chi connectivity index (χ3v) is 3.11. The van der Waals surface area contributed by atoms with Crippen LogP contribution in [-0.2, 0) is 0 Å². The summed E-state index contributed by atoms with van der Waals surface area (Å²) in [6.45, 7) is 6.10. The summed E-state index contributed by atoms with van der Waals surface area (Å²) >= 11 is 12.2. The van der Waals surface area contributed by atoms with E-state index in [4.69, 9.17) is 23.2 Å². The van der Waals surface area contributed by atoms with Crippen LogP contribution in [-0.4, -0.2) is 16.5 Å². The van der Waals surface area contributed by atoms with Crippen molar-refractivity contribution in [1.29, 1.82) is 0 Å². The lowest BCUT2D eigenvalue weighted by Crippen LogP contribution is -2.05. The van der Waals surface area contributed by atoms with Gasteiger partial charge in [-0.3, -0.25) is 0 Å². The number of hydrogen-bond donors (Lipinski definition) is 2. The Kier molecular flexibility index (Phi) is 4.82. The molecule has 104 valence electrons. The van der Waals surface area contributed by atoms with Crippen molar-refractivity contribution in [2.75, 3.05) is 17.2 Å². The van der Waals surface area contributed by atoms with Crippen LogP contribution in [0.25, 0.3) is 0 Å². The molecule has 0 aliphatic heterocycles. The van der Waals surface area contributed by atoms with E-state index >= 15 is 0 Å². The second-order valence-corrected chi connectivity index (χ2v) is 4.89. The number of aryl methyl sites for hydroxylation is 1. The molecule has 0 amide bonds. The highest BCUT2D eigenvalue weighted by molar-refractivity contribution is 6.39. The number of halogens is 2. The molecule has 4 nitrogen and oxygen atoms in total. The van der Waals surface area contributed by atoms with Crippen LogP contribution < -0.4 is 10.6 Å². The lowest BCUT2D eigenvalue weighted by molar-refractivity contribution is 1.05. The number of nitrogens with zero attached hydrogens (tertiary/aromatic N) is 2. The summed E-state index contributed by atoms with van der Waals surface area (Å²) in [5.41, 5.74) is 0.628. The smallest absolute Gasteiger partial charge is 0.136 e. The highest BCUT2D eigenvalue weighted by atomic mass is 35.5. The van der Waals surface area contributed by atoms with E-state index < -0.39 is 0 Å². The summed E-state index contributed by atoms with van der Waals surface area (Å²) in [4.78, 5) is 8.60. The van der Waals surface area contributed by atoms with Gasteiger partial charge in [-0.25, -0.2) is 9.97 Å². The molecule has 0 unspecified atom stereocenters. The van der Waals surface area contributed by atoms with Gasteiger partial charge in [-0.15, -0.1) is 6.58 Å². The first kappa shape index (κ1) is 14.6. The molecule has 20 heavy (non-hydrogen) atoms. The van der Waals surface area contributed by atoms with Crippen LogP contribution in [0.5, 0.6) is 0 Å². The SMILES string of the molecule is C=CCNc1cc(Nc2c(Cl)cccc2Cl)nc(C)n1. The van der Waals surface area contributed by atoms with Crippen LogP contribution in [0, 0.1) is 6.92 Å². The molecule has 0 bridgehead atoms. The van der Waals surface area contributed by atoms with Crippen LogP contribution in [0.3, 0.4) is 0 Å². The van der Waals surface area contributed by atoms with Crippen LogP contribution in [0.1, 0.15) is 5.82 Å². The fourth-order valence-corrected chi connectivity index (χ4v) is 2.14. The fraction of sp³-hybridized carbons (Fsp3) is 0.143. The largest absolute Gasteiger partial charge is 0.366 e. The molecule has 2 aromatic rings. The van der Waals surface area contributed by atoms with Gasteiger partial charge in [0, 0.05) is 12.6 Å². The topological polar surface area (TPSA) is 49.8 Å². The third kappa shape index (κ3) is 3.62. The van der Waals surface area contributed by atoms with Gasteiger partial charge in [0.05, 0.1) is 15.7 Å². The highest BCUT2D eigenvalue weighted by Gasteiger charge is 2.08. The van der Waals surface area contributed by atoms with Crippen molar-refractivity contribution in [3.8, 4) is 0 Å². The predicted molar refractivity (Wildman–Crippen MR) is 85.2 cm³/mol. The Hall–Kier alpha value is -1.78. The molecule has 0 saturated carbocycles. The van der Waals surface area contributed by atoms with Gasteiger partial charge in [-0.1, -0.05) is 35.3 Å². The summed E-state index contributed by atoms with van der Waals surface area (Å²) < 4.78 is 0. The Labute approximate surface area is 127 Å². The van der Waals surface area contributed by atoms with Crippen molar-refractivity contribution in [2.45, 2.75) is 6.92 Å². The van der Waals surface area contributed by atoms with E-state index in [0.717, 1.165) is 0 Å². The molecule has 1 heterocycles. The van der Waals surface area contributed by atoms with Crippen molar-refractivity contribution in [1.82, 2.24) is 9.97 Å². The second kappa shape index (κ2) is 6.59. The monoisotopic (exact) mass is 308 g/mol. The summed E-state index contributed by atoms with van der Waals surface area (Å²) in [5, 5.41) is 7.31. The van der Waals surface area contributed by atoms with Gasteiger partial charge in [0.1, 0.15) is 17.5 Å². The first-order chi connectivity index (χ1) is 9.60. The predicted octanol–water partition coefficient (Wildman–Crippen LogP) is 4.43. The average molecular weight is 309 g/mol. The van der Waals surface area contributed by atoms with Crippen molar-refractivity contribution in [3.05, 3.63) is 52.8 Å².